The zero-order valence-corrected chi connectivity index (χ0v) is 10.4. The Morgan fingerprint density at radius 2 is 2.21 bits per heavy atom. The summed E-state index contributed by atoms with van der Waals surface area (Å²) in [7, 11) is 1.47. The molecule has 1 saturated heterocycles. The van der Waals surface area contributed by atoms with E-state index >= 15 is 0 Å². The van der Waals surface area contributed by atoms with Crippen molar-refractivity contribution >= 4 is 11.8 Å². The summed E-state index contributed by atoms with van der Waals surface area (Å²) in [6.07, 6.45) is -2.58. The molecule has 1 fully saturated rings. The zero-order chi connectivity index (χ0) is 13.9. The van der Waals surface area contributed by atoms with Crippen LogP contribution in [0.1, 0.15) is 18.5 Å². The smallest absolute Gasteiger partial charge is 0.376 e. The summed E-state index contributed by atoms with van der Waals surface area (Å²) in [5.41, 5.74) is -0.971. The fourth-order valence-corrected chi connectivity index (χ4v) is 1.82. The van der Waals surface area contributed by atoms with Gasteiger partial charge >= 0.3 is 6.18 Å². The Morgan fingerprint density at radius 3 is 2.79 bits per heavy atom. The van der Waals surface area contributed by atoms with Gasteiger partial charge in [0.1, 0.15) is 5.82 Å². The summed E-state index contributed by atoms with van der Waals surface area (Å²) in [5.74, 6) is 0.0758. The first-order valence-corrected chi connectivity index (χ1v) is 5.98. The molecule has 1 aromatic heterocycles. The highest BCUT2D eigenvalue weighted by molar-refractivity contribution is 5.43. The normalized spacial score (nSPS) is 19.5. The van der Waals surface area contributed by atoms with E-state index in [0.29, 0.717) is 13.2 Å². The van der Waals surface area contributed by atoms with Crippen LogP contribution in [0.4, 0.5) is 24.9 Å². The molecular formula is C11H15F3N4O. The fraction of sp³-hybridized carbons (Fsp3) is 0.636. The average Bonchev–Trinajstić information content (AvgIpc) is 2.88. The molecule has 1 unspecified atom stereocenters. The largest absolute Gasteiger partial charge is 0.433 e. The molecule has 1 aliphatic heterocycles. The number of nitrogens with zero attached hydrogens (tertiary/aromatic N) is 2. The standard InChI is InChI=1S/C11H15F3N4O/c1-15-10-17-8(11(12,13)14)5-9(18-10)16-6-7-3-2-4-19-7/h5,7H,2-4,6H2,1H3,(H2,15,16,17,18). The summed E-state index contributed by atoms with van der Waals surface area (Å²) in [5, 5.41) is 5.37. The third-order valence-corrected chi connectivity index (χ3v) is 2.78. The summed E-state index contributed by atoms with van der Waals surface area (Å²) in [6.45, 7) is 1.14. The number of ether oxygens (including phenoxy) is 1. The van der Waals surface area contributed by atoms with E-state index in [9.17, 15) is 13.2 Å². The number of aromatic nitrogens is 2. The quantitative estimate of drug-likeness (QED) is 0.882. The predicted molar refractivity (Wildman–Crippen MR) is 64.0 cm³/mol. The van der Waals surface area contributed by atoms with Gasteiger partial charge in [-0.1, -0.05) is 0 Å². The summed E-state index contributed by atoms with van der Waals surface area (Å²) in [4.78, 5) is 7.32. The lowest BCUT2D eigenvalue weighted by molar-refractivity contribution is -0.141. The zero-order valence-electron chi connectivity index (χ0n) is 10.4. The van der Waals surface area contributed by atoms with Gasteiger partial charge in [0.25, 0.3) is 0 Å². The predicted octanol–water partition coefficient (Wildman–Crippen LogP) is 2.13. The third kappa shape index (κ3) is 3.69. The van der Waals surface area contributed by atoms with E-state index in [1.165, 1.54) is 7.05 Å². The van der Waals surface area contributed by atoms with E-state index in [1.807, 2.05) is 0 Å². The van der Waals surface area contributed by atoms with Crippen LogP contribution in [0.3, 0.4) is 0 Å². The molecule has 0 radical (unpaired) electrons. The molecule has 0 saturated carbocycles. The van der Waals surface area contributed by atoms with Crippen LogP contribution in [0.5, 0.6) is 0 Å². The van der Waals surface area contributed by atoms with Crippen LogP contribution in [0.15, 0.2) is 6.07 Å². The molecule has 1 aromatic rings. The van der Waals surface area contributed by atoms with Gasteiger partial charge in [-0.15, -0.1) is 0 Å². The van der Waals surface area contributed by atoms with Crippen molar-refractivity contribution < 1.29 is 17.9 Å². The summed E-state index contributed by atoms with van der Waals surface area (Å²) < 4.78 is 43.3. The molecule has 19 heavy (non-hydrogen) atoms. The van der Waals surface area contributed by atoms with E-state index in [1.54, 1.807) is 0 Å². The van der Waals surface area contributed by atoms with E-state index in [2.05, 4.69) is 20.6 Å². The van der Waals surface area contributed by atoms with Crippen LogP contribution in [-0.4, -0.2) is 36.3 Å². The molecule has 0 spiro atoms. The molecule has 8 heteroatoms. The molecule has 0 aliphatic carbocycles. The highest BCUT2D eigenvalue weighted by atomic mass is 19.4. The topological polar surface area (TPSA) is 59.1 Å². The minimum absolute atomic E-state index is 0.0299. The fourth-order valence-electron chi connectivity index (χ4n) is 1.82. The van der Waals surface area contributed by atoms with Crippen molar-refractivity contribution in [2.75, 3.05) is 30.8 Å². The minimum Gasteiger partial charge on any atom is -0.376 e. The van der Waals surface area contributed by atoms with Crippen LogP contribution in [0.25, 0.3) is 0 Å². The van der Waals surface area contributed by atoms with Crippen molar-refractivity contribution in [1.82, 2.24) is 9.97 Å². The second-order valence-electron chi connectivity index (χ2n) is 4.23. The lowest BCUT2D eigenvalue weighted by Crippen LogP contribution is -2.20. The number of anilines is 2. The maximum Gasteiger partial charge on any atom is 0.433 e. The van der Waals surface area contributed by atoms with Gasteiger partial charge in [-0.2, -0.15) is 18.2 Å². The molecule has 2 rings (SSSR count). The van der Waals surface area contributed by atoms with Crippen molar-refractivity contribution in [3.63, 3.8) is 0 Å². The number of halogens is 3. The molecule has 0 amide bonds. The number of alkyl halides is 3. The van der Waals surface area contributed by atoms with Crippen molar-refractivity contribution in [2.24, 2.45) is 0 Å². The Bertz CT molecular complexity index is 432. The van der Waals surface area contributed by atoms with Crippen LogP contribution in [0.2, 0.25) is 0 Å². The first kappa shape index (κ1) is 13.9. The Hall–Kier alpha value is -1.57. The Kier molecular flexibility index (Phi) is 4.08. The van der Waals surface area contributed by atoms with Crippen molar-refractivity contribution in [2.45, 2.75) is 25.1 Å². The van der Waals surface area contributed by atoms with Crippen LogP contribution >= 0.6 is 0 Å². The molecule has 5 nitrogen and oxygen atoms in total. The number of rotatable bonds is 4. The molecule has 0 bridgehead atoms. The van der Waals surface area contributed by atoms with E-state index in [4.69, 9.17) is 4.74 Å². The first-order chi connectivity index (χ1) is 8.99. The van der Waals surface area contributed by atoms with Crippen molar-refractivity contribution in [3.05, 3.63) is 11.8 Å². The maximum atomic E-state index is 12.7. The molecule has 0 aromatic carbocycles. The van der Waals surface area contributed by atoms with Gasteiger partial charge in [0.15, 0.2) is 5.69 Å². The number of hydrogen-bond acceptors (Lipinski definition) is 5. The van der Waals surface area contributed by atoms with Gasteiger partial charge in [-0.05, 0) is 12.8 Å². The van der Waals surface area contributed by atoms with Gasteiger partial charge < -0.3 is 15.4 Å². The van der Waals surface area contributed by atoms with Crippen molar-refractivity contribution in [3.8, 4) is 0 Å². The molecule has 106 valence electrons. The highest BCUT2D eigenvalue weighted by Crippen LogP contribution is 2.29. The number of hydrogen-bond donors (Lipinski definition) is 2. The van der Waals surface area contributed by atoms with Crippen LogP contribution in [0, 0.1) is 0 Å². The van der Waals surface area contributed by atoms with Gasteiger partial charge in [0.05, 0.1) is 6.10 Å². The summed E-state index contributed by atoms with van der Waals surface area (Å²) in [6, 6.07) is 0.899. The van der Waals surface area contributed by atoms with Gasteiger partial charge in [-0.25, -0.2) is 4.98 Å². The lowest BCUT2D eigenvalue weighted by atomic mass is 10.2. The molecular weight excluding hydrogens is 261 g/mol. The van der Waals surface area contributed by atoms with E-state index in [-0.39, 0.29) is 17.9 Å². The molecule has 2 heterocycles. The molecule has 2 N–H and O–H groups in total. The third-order valence-electron chi connectivity index (χ3n) is 2.78. The summed E-state index contributed by atoms with van der Waals surface area (Å²) >= 11 is 0. The second kappa shape index (κ2) is 5.60. The van der Waals surface area contributed by atoms with E-state index in [0.717, 1.165) is 18.9 Å². The van der Waals surface area contributed by atoms with Crippen LogP contribution in [-0.2, 0) is 10.9 Å². The van der Waals surface area contributed by atoms with Gasteiger partial charge in [0, 0.05) is 26.3 Å². The molecule has 1 aliphatic rings. The Morgan fingerprint density at radius 1 is 1.42 bits per heavy atom. The maximum absolute atomic E-state index is 12.7. The number of nitrogens with one attached hydrogen (secondary N) is 2. The van der Waals surface area contributed by atoms with Gasteiger partial charge in [0.2, 0.25) is 5.95 Å². The molecule has 1 atom stereocenters. The lowest BCUT2D eigenvalue weighted by Gasteiger charge is -2.14. The SMILES string of the molecule is CNc1nc(NCC2CCCO2)cc(C(F)(F)F)n1. The second-order valence-corrected chi connectivity index (χ2v) is 4.23. The Balaban J connectivity index is 2.10. The van der Waals surface area contributed by atoms with Crippen LogP contribution < -0.4 is 10.6 Å². The Labute approximate surface area is 108 Å². The monoisotopic (exact) mass is 276 g/mol. The average molecular weight is 276 g/mol. The first-order valence-electron chi connectivity index (χ1n) is 5.98. The highest BCUT2D eigenvalue weighted by Gasteiger charge is 2.33. The minimum atomic E-state index is -4.49. The van der Waals surface area contributed by atoms with E-state index < -0.39 is 11.9 Å². The van der Waals surface area contributed by atoms with Gasteiger partial charge in [-0.3, -0.25) is 0 Å². The van der Waals surface area contributed by atoms with Crippen molar-refractivity contribution in [1.29, 1.82) is 0 Å².